The van der Waals surface area contributed by atoms with Crippen molar-refractivity contribution < 1.29 is 33.9 Å². The Balaban J connectivity index is 1.61. The maximum atomic E-state index is 13.5. The molecule has 45 heavy (non-hydrogen) atoms. The molecule has 13 heteroatoms. The highest BCUT2D eigenvalue weighted by molar-refractivity contribution is 7.09. The van der Waals surface area contributed by atoms with Crippen LogP contribution in [-0.2, 0) is 48.0 Å². The van der Waals surface area contributed by atoms with E-state index in [-0.39, 0.29) is 32.1 Å². The van der Waals surface area contributed by atoms with Crippen molar-refractivity contribution in [2.24, 2.45) is 0 Å². The zero-order valence-corrected chi connectivity index (χ0v) is 25.4. The van der Waals surface area contributed by atoms with Gasteiger partial charge in [-0.3, -0.25) is 24.0 Å². The topological polar surface area (TPSA) is 183 Å². The number of nitrogens with one attached hydrogen (secondary N) is 5. The van der Waals surface area contributed by atoms with Gasteiger partial charge in [-0.05, 0) is 41.6 Å². The van der Waals surface area contributed by atoms with Crippen LogP contribution in [0.25, 0.3) is 0 Å². The first-order valence-electron chi connectivity index (χ1n) is 14.5. The van der Waals surface area contributed by atoms with E-state index in [1.54, 1.807) is 54.6 Å². The van der Waals surface area contributed by atoms with Gasteiger partial charge in [0.15, 0.2) is 0 Å². The third kappa shape index (κ3) is 10.00. The standard InChI is InChI=1S/C32H35N5O7S/c1-19-29(40)36-24(16-20-6-3-2-4-7-20)31(42)37-26(32(43)44)17-21-9-11-22(12-10-21)34-27(38)13-14-28(39)35-25(30(41)33-19)18-23-8-5-15-45-23/h2-12,15,19,24-26H,13-14,16-18H2,1H3,(H,33,41)(H,34,38)(H,35,39)(H,36,40)(H,37,42)(H,43,44)/t19-,24+,25+,26+/m0/s1. The van der Waals surface area contributed by atoms with Crippen molar-refractivity contribution in [2.75, 3.05) is 5.32 Å². The highest BCUT2D eigenvalue weighted by Gasteiger charge is 2.30. The van der Waals surface area contributed by atoms with Crippen LogP contribution < -0.4 is 26.6 Å². The van der Waals surface area contributed by atoms with Gasteiger partial charge in [-0.15, -0.1) is 11.3 Å². The van der Waals surface area contributed by atoms with Gasteiger partial charge in [0.25, 0.3) is 0 Å². The molecule has 6 N–H and O–H groups in total. The lowest BCUT2D eigenvalue weighted by molar-refractivity contribution is -0.142. The van der Waals surface area contributed by atoms with Crippen molar-refractivity contribution in [3.05, 3.63) is 88.1 Å². The van der Waals surface area contributed by atoms with Crippen molar-refractivity contribution in [3.8, 4) is 0 Å². The number of carbonyl (C=O) groups excluding carboxylic acids is 5. The predicted octanol–water partition coefficient (Wildman–Crippen LogP) is 1.55. The Morgan fingerprint density at radius 2 is 1.42 bits per heavy atom. The quantitative estimate of drug-likeness (QED) is 0.230. The van der Waals surface area contributed by atoms with Gasteiger partial charge < -0.3 is 31.7 Å². The number of carbonyl (C=O) groups is 6. The molecular formula is C32H35N5O7S. The van der Waals surface area contributed by atoms with Crippen LogP contribution in [0.3, 0.4) is 0 Å². The molecule has 4 atom stereocenters. The molecule has 0 saturated heterocycles. The Hall–Kier alpha value is -5.04. The van der Waals surface area contributed by atoms with Crippen molar-refractivity contribution >= 4 is 52.5 Å². The smallest absolute Gasteiger partial charge is 0.326 e. The molecule has 1 aromatic heterocycles. The van der Waals surface area contributed by atoms with E-state index in [2.05, 4.69) is 26.6 Å². The lowest BCUT2D eigenvalue weighted by atomic mass is 10.0. The van der Waals surface area contributed by atoms with E-state index in [1.807, 2.05) is 17.5 Å². The maximum Gasteiger partial charge on any atom is 0.326 e. The fourth-order valence-corrected chi connectivity index (χ4v) is 5.48. The van der Waals surface area contributed by atoms with Gasteiger partial charge in [-0.1, -0.05) is 48.5 Å². The first-order valence-corrected chi connectivity index (χ1v) is 15.3. The van der Waals surface area contributed by atoms with E-state index < -0.39 is 59.7 Å². The molecule has 0 spiro atoms. The molecule has 236 valence electrons. The number of fused-ring (bicyclic) bond motifs is 18. The average Bonchev–Trinajstić information content (AvgIpc) is 3.53. The number of amides is 5. The van der Waals surface area contributed by atoms with Gasteiger partial charge in [-0.25, -0.2) is 4.79 Å². The minimum absolute atomic E-state index is 0.0560. The monoisotopic (exact) mass is 633 g/mol. The van der Waals surface area contributed by atoms with Gasteiger partial charge in [-0.2, -0.15) is 0 Å². The Morgan fingerprint density at radius 1 is 0.756 bits per heavy atom. The van der Waals surface area contributed by atoms with Gasteiger partial charge in [0.1, 0.15) is 24.2 Å². The molecule has 0 radical (unpaired) electrons. The summed E-state index contributed by atoms with van der Waals surface area (Å²) in [4.78, 5) is 78.3. The molecule has 12 nitrogen and oxygen atoms in total. The third-order valence-corrected chi connectivity index (χ3v) is 8.07. The van der Waals surface area contributed by atoms with Crippen molar-refractivity contribution in [2.45, 2.75) is 63.2 Å². The number of carboxylic acid groups (broad SMARTS) is 1. The molecule has 5 rings (SSSR count). The van der Waals surface area contributed by atoms with Gasteiger partial charge >= 0.3 is 5.97 Å². The summed E-state index contributed by atoms with van der Waals surface area (Å²) in [6.45, 7) is 1.44. The fraction of sp³-hybridized carbons (Fsp3) is 0.312. The molecule has 0 aliphatic carbocycles. The SMILES string of the molecule is C[C@@H]1NC(=O)[C@@H](Cc2cccs2)NC(=O)CCC(=O)Nc2ccc(cc2)C[C@H](C(=O)O)NC(=O)[C@@H](Cc2ccccc2)NC1=O. The summed E-state index contributed by atoms with van der Waals surface area (Å²) in [7, 11) is 0. The van der Waals surface area contributed by atoms with Gasteiger partial charge in [0.2, 0.25) is 29.5 Å². The largest absolute Gasteiger partial charge is 0.480 e. The second-order valence-electron chi connectivity index (χ2n) is 10.7. The molecule has 2 aliphatic heterocycles. The molecule has 3 heterocycles. The Labute approximate surface area is 264 Å². The number of hydrogen-bond donors (Lipinski definition) is 6. The number of carboxylic acids is 1. The van der Waals surface area contributed by atoms with Crippen LogP contribution in [-0.4, -0.2) is 64.8 Å². The molecule has 0 unspecified atom stereocenters. The van der Waals surface area contributed by atoms with E-state index in [0.717, 1.165) is 10.4 Å². The summed E-state index contributed by atoms with van der Waals surface area (Å²) in [5.41, 5.74) is 1.76. The maximum absolute atomic E-state index is 13.5. The summed E-state index contributed by atoms with van der Waals surface area (Å²) in [5, 5.41) is 24.9. The third-order valence-electron chi connectivity index (χ3n) is 7.18. The molecule has 0 fully saturated rings. The number of benzene rings is 2. The minimum Gasteiger partial charge on any atom is -0.480 e. The Kier molecular flexibility index (Phi) is 11.4. The van der Waals surface area contributed by atoms with E-state index >= 15 is 0 Å². The fourth-order valence-electron chi connectivity index (χ4n) is 4.72. The van der Waals surface area contributed by atoms with E-state index in [9.17, 15) is 33.9 Å². The molecular weight excluding hydrogens is 598 g/mol. The van der Waals surface area contributed by atoms with Crippen LogP contribution in [0, 0.1) is 0 Å². The molecule has 0 saturated carbocycles. The number of thiophene rings is 1. The summed E-state index contributed by atoms with van der Waals surface area (Å²) in [5.74, 6) is -4.21. The summed E-state index contributed by atoms with van der Waals surface area (Å²) in [6.07, 6.45) is -0.146. The summed E-state index contributed by atoms with van der Waals surface area (Å²) in [6, 6.07) is 14.4. The number of hydrogen-bond acceptors (Lipinski definition) is 7. The lowest BCUT2D eigenvalue weighted by Crippen LogP contribution is -2.58. The van der Waals surface area contributed by atoms with E-state index in [1.165, 1.54) is 18.3 Å². The summed E-state index contributed by atoms with van der Waals surface area (Å²) < 4.78 is 0. The van der Waals surface area contributed by atoms with E-state index in [4.69, 9.17) is 0 Å². The molecule has 2 aromatic carbocycles. The van der Waals surface area contributed by atoms with Gasteiger partial charge in [0, 0.05) is 42.7 Å². The number of rotatable bonds is 5. The first kappa shape index (κ1) is 32.9. The summed E-state index contributed by atoms with van der Waals surface area (Å²) >= 11 is 1.40. The van der Waals surface area contributed by atoms with E-state index in [0.29, 0.717) is 11.3 Å². The zero-order chi connectivity index (χ0) is 32.3. The van der Waals surface area contributed by atoms with Crippen molar-refractivity contribution in [1.29, 1.82) is 0 Å². The first-order chi connectivity index (χ1) is 21.6. The van der Waals surface area contributed by atoms with Crippen LogP contribution >= 0.6 is 11.3 Å². The highest BCUT2D eigenvalue weighted by atomic mass is 32.1. The predicted molar refractivity (Wildman–Crippen MR) is 167 cm³/mol. The Morgan fingerprint density at radius 3 is 2.09 bits per heavy atom. The Bertz CT molecular complexity index is 1510. The molecule has 5 amide bonds. The minimum atomic E-state index is -1.31. The van der Waals surface area contributed by atoms with Crippen LogP contribution in [0.4, 0.5) is 5.69 Å². The van der Waals surface area contributed by atoms with Gasteiger partial charge in [0.05, 0.1) is 0 Å². The molecule has 2 aliphatic rings. The van der Waals surface area contributed by atoms with Crippen LogP contribution in [0.1, 0.15) is 35.8 Å². The van der Waals surface area contributed by atoms with Crippen LogP contribution in [0.2, 0.25) is 0 Å². The zero-order valence-electron chi connectivity index (χ0n) is 24.6. The van der Waals surface area contributed by atoms with Crippen molar-refractivity contribution in [3.63, 3.8) is 0 Å². The second kappa shape index (κ2) is 15.6. The van der Waals surface area contributed by atoms with Crippen LogP contribution in [0.15, 0.2) is 72.1 Å². The lowest BCUT2D eigenvalue weighted by Gasteiger charge is -2.24. The number of aliphatic carboxylic acids is 1. The number of anilines is 1. The van der Waals surface area contributed by atoms with Crippen LogP contribution in [0.5, 0.6) is 0 Å². The molecule has 2 bridgehead atoms. The van der Waals surface area contributed by atoms with Crippen molar-refractivity contribution in [1.82, 2.24) is 21.3 Å². The normalized spacial score (nSPS) is 22.2. The molecule has 3 aromatic rings. The average molecular weight is 634 g/mol. The highest BCUT2D eigenvalue weighted by Crippen LogP contribution is 2.14. The second-order valence-corrected chi connectivity index (χ2v) is 11.8.